The number of hydrogen-bond donors (Lipinski definition) is 1. The maximum absolute atomic E-state index is 13.2. The van der Waals surface area contributed by atoms with Gasteiger partial charge in [0.15, 0.2) is 0 Å². The molecule has 1 nitrogen and oxygen atoms in total. The lowest BCUT2D eigenvalue weighted by atomic mass is 9.94. The molecule has 1 aliphatic heterocycles. The van der Waals surface area contributed by atoms with Crippen molar-refractivity contribution in [2.45, 2.75) is 62.2 Å². The highest BCUT2D eigenvalue weighted by Crippen LogP contribution is 2.42. The summed E-state index contributed by atoms with van der Waals surface area (Å²) in [6.07, 6.45) is 5.73. The van der Waals surface area contributed by atoms with Crippen molar-refractivity contribution in [1.82, 2.24) is 5.32 Å². The first-order chi connectivity index (χ1) is 8.11. The lowest BCUT2D eigenvalue weighted by molar-refractivity contribution is 0.00433. The molecule has 1 saturated carbocycles. The van der Waals surface area contributed by atoms with Gasteiger partial charge in [-0.25, -0.2) is 8.78 Å². The minimum absolute atomic E-state index is 0.103. The summed E-state index contributed by atoms with van der Waals surface area (Å²) in [5, 5.41) is 4.00. The van der Waals surface area contributed by atoms with Gasteiger partial charge in [-0.05, 0) is 44.4 Å². The SMILES string of the molecule is CNC(CC1CCC(F)(F)C1)C1CCCCS1. The molecule has 4 heteroatoms. The van der Waals surface area contributed by atoms with Crippen molar-refractivity contribution in [2.75, 3.05) is 12.8 Å². The third-order valence-electron chi connectivity index (χ3n) is 4.13. The molecule has 2 fully saturated rings. The standard InChI is InChI=1S/C13H23F2NS/c1-16-11(12-4-2-3-7-17-12)8-10-5-6-13(14,15)9-10/h10-12,16H,2-9H2,1H3. The van der Waals surface area contributed by atoms with E-state index in [1.807, 2.05) is 18.8 Å². The maximum Gasteiger partial charge on any atom is 0.248 e. The number of rotatable bonds is 4. The molecule has 2 rings (SSSR count). The van der Waals surface area contributed by atoms with Crippen LogP contribution in [0.5, 0.6) is 0 Å². The van der Waals surface area contributed by atoms with Crippen LogP contribution in [0, 0.1) is 5.92 Å². The highest BCUT2D eigenvalue weighted by molar-refractivity contribution is 8.00. The van der Waals surface area contributed by atoms with Gasteiger partial charge in [0.05, 0.1) is 0 Å². The molecule has 17 heavy (non-hydrogen) atoms. The van der Waals surface area contributed by atoms with Crippen LogP contribution in [0.2, 0.25) is 0 Å². The van der Waals surface area contributed by atoms with Crippen molar-refractivity contribution in [1.29, 1.82) is 0 Å². The Morgan fingerprint density at radius 3 is 2.71 bits per heavy atom. The highest BCUT2D eigenvalue weighted by Gasteiger charge is 2.40. The number of alkyl halides is 2. The van der Waals surface area contributed by atoms with Crippen LogP contribution in [0.25, 0.3) is 0 Å². The topological polar surface area (TPSA) is 12.0 Å². The van der Waals surface area contributed by atoms with Gasteiger partial charge < -0.3 is 5.32 Å². The van der Waals surface area contributed by atoms with E-state index in [-0.39, 0.29) is 18.8 Å². The minimum atomic E-state index is -2.39. The van der Waals surface area contributed by atoms with Crippen molar-refractivity contribution in [3.05, 3.63) is 0 Å². The van der Waals surface area contributed by atoms with Gasteiger partial charge in [-0.15, -0.1) is 0 Å². The second-order valence-electron chi connectivity index (χ2n) is 5.50. The number of thioether (sulfide) groups is 1. The molecule has 0 radical (unpaired) electrons. The smallest absolute Gasteiger partial charge is 0.248 e. The van der Waals surface area contributed by atoms with Crippen LogP contribution in [0.15, 0.2) is 0 Å². The quantitative estimate of drug-likeness (QED) is 0.830. The molecule has 2 aliphatic rings. The Labute approximate surface area is 107 Å². The molecule has 1 N–H and O–H groups in total. The van der Waals surface area contributed by atoms with Crippen LogP contribution in [0.1, 0.15) is 44.9 Å². The third kappa shape index (κ3) is 3.82. The van der Waals surface area contributed by atoms with E-state index in [1.165, 1.54) is 25.0 Å². The molecule has 0 amide bonds. The minimum Gasteiger partial charge on any atom is -0.316 e. The van der Waals surface area contributed by atoms with Crippen molar-refractivity contribution in [3.8, 4) is 0 Å². The van der Waals surface area contributed by atoms with Gasteiger partial charge in [-0.3, -0.25) is 0 Å². The predicted octanol–water partition coefficient (Wildman–Crippen LogP) is 3.69. The fourth-order valence-electron chi connectivity index (χ4n) is 3.14. The van der Waals surface area contributed by atoms with Gasteiger partial charge in [0, 0.05) is 24.1 Å². The van der Waals surface area contributed by atoms with Gasteiger partial charge in [0.1, 0.15) is 0 Å². The second-order valence-corrected chi connectivity index (χ2v) is 6.85. The Hall–Kier alpha value is 0.170. The molecule has 0 spiro atoms. The van der Waals surface area contributed by atoms with E-state index < -0.39 is 5.92 Å². The fraction of sp³-hybridized carbons (Fsp3) is 1.00. The maximum atomic E-state index is 13.2. The van der Waals surface area contributed by atoms with E-state index >= 15 is 0 Å². The molecule has 0 aromatic heterocycles. The van der Waals surface area contributed by atoms with Crippen LogP contribution in [-0.4, -0.2) is 30.0 Å². The van der Waals surface area contributed by atoms with Gasteiger partial charge in [0.25, 0.3) is 0 Å². The van der Waals surface area contributed by atoms with Crippen LogP contribution in [0.4, 0.5) is 8.78 Å². The largest absolute Gasteiger partial charge is 0.316 e. The van der Waals surface area contributed by atoms with E-state index in [1.54, 1.807) is 0 Å². The first kappa shape index (κ1) is 13.6. The molecule has 1 heterocycles. The molecule has 3 atom stereocenters. The first-order valence-electron chi connectivity index (χ1n) is 6.77. The van der Waals surface area contributed by atoms with Crippen molar-refractivity contribution in [2.24, 2.45) is 5.92 Å². The second kappa shape index (κ2) is 5.87. The Morgan fingerprint density at radius 1 is 1.35 bits per heavy atom. The van der Waals surface area contributed by atoms with Crippen molar-refractivity contribution in [3.63, 3.8) is 0 Å². The zero-order chi connectivity index (χ0) is 12.3. The Kier molecular flexibility index (Phi) is 4.70. The predicted molar refractivity (Wildman–Crippen MR) is 69.8 cm³/mol. The lowest BCUT2D eigenvalue weighted by Crippen LogP contribution is -2.38. The molecule has 0 bridgehead atoms. The molecule has 0 aromatic carbocycles. The monoisotopic (exact) mass is 263 g/mol. The summed E-state index contributed by atoms with van der Waals surface area (Å²) in [4.78, 5) is 0. The summed E-state index contributed by atoms with van der Waals surface area (Å²) in [5.74, 6) is -0.920. The van der Waals surface area contributed by atoms with E-state index in [4.69, 9.17) is 0 Å². The summed E-state index contributed by atoms with van der Waals surface area (Å²) >= 11 is 2.03. The van der Waals surface area contributed by atoms with Crippen LogP contribution in [0.3, 0.4) is 0 Å². The fourth-order valence-corrected chi connectivity index (χ4v) is 4.63. The Bertz CT molecular complexity index is 242. The average Bonchev–Trinajstić information content (AvgIpc) is 2.67. The Balaban J connectivity index is 1.82. The Morgan fingerprint density at radius 2 is 2.18 bits per heavy atom. The summed E-state index contributed by atoms with van der Waals surface area (Å²) in [6, 6.07) is 0.430. The van der Waals surface area contributed by atoms with Crippen molar-refractivity contribution < 1.29 is 8.78 Å². The molecule has 0 aromatic rings. The summed E-state index contributed by atoms with van der Waals surface area (Å²) < 4.78 is 26.3. The average molecular weight is 263 g/mol. The zero-order valence-electron chi connectivity index (χ0n) is 10.6. The summed E-state index contributed by atoms with van der Waals surface area (Å²) in [5.41, 5.74) is 0. The van der Waals surface area contributed by atoms with E-state index in [0.29, 0.717) is 17.7 Å². The molecular weight excluding hydrogens is 240 g/mol. The van der Waals surface area contributed by atoms with Gasteiger partial charge in [0.2, 0.25) is 5.92 Å². The first-order valence-corrected chi connectivity index (χ1v) is 7.82. The summed E-state index contributed by atoms with van der Waals surface area (Å²) in [7, 11) is 1.98. The van der Waals surface area contributed by atoms with Crippen LogP contribution < -0.4 is 5.32 Å². The normalized spacial score (nSPS) is 34.8. The molecule has 100 valence electrons. The lowest BCUT2D eigenvalue weighted by Gasteiger charge is -2.31. The van der Waals surface area contributed by atoms with Crippen LogP contribution >= 0.6 is 11.8 Å². The van der Waals surface area contributed by atoms with Gasteiger partial charge in [-0.2, -0.15) is 11.8 Å². The molecule has 1 saturated heterocycles. The number of halogens is 2. The van der Waals surface area contributed by atoms with Crippen molar-refractivity contribution >= 4 is 11.8 Å². The van der Waals surface area contributed by atoms with Crippen LogP contribution in [-0.2, 0) is 0 Å². The van der Waals surface area contributed by atoms with E-state index in [2.05, 4.69) is 5.32 Å². The van der Waals surface area contributed by atoms with E-state index in [0.717, 1.165) is 6.42 Å². The molecule has 1 aliphatic carbocycles. The number of nitrogens with one attached hydrogen (secondary N) is 1. The zero-order valence-corrected chi connectivity index (χ0v) is 11.4. The number of hydrogen-bond acceptors (Lipinski definition) is 2. The van der Waals surface area contributed by atoms with Gasteiger partial charge in [-0.1, -0.05) is 6.42 Å². The molecular formula is C13H23F2NS. The van der Waals surface area contributed by atoms with Gasteiger partial charge >= 0.3 is 0 Å². The highest BCUT2D eigenvalue weighted by atomic mass is 32.2. The molecule has 3 unspecified atom stereocenters. The third-order valence-corrected chi connectivity index (χ3v) is 5.64. The summed E-state index contributed by atoms with van der Waals surface area (Å²) in [6.45, 7) is 0. The van der Waals surface area contributed by atoms with E-state index in [9.17, 15) is 8.78 Å².